The first-order valence-corrected chi connectivity index (χ1v) is 12.4. The predicted octanol–water partition coefficient (Wildman–Crippen LogP) is 3.52. The number of nitriles is 1. The fourth-order valence-corrected chi connectivity index (χ4v) is 5.80. The van der Waals surface area contributed by atoms with E-state index in [4.69, 9.17) is 0 Å². The molecule has 1 fully saturated rings. The van der Waals surface area contributed by atoms with Gasteiger partial charge in [-0.1, -0.05) is 26.0 Å². The first kappa shape index (κ1) is 22.3. The van der Waals surface area contributed by atoms with Crippen molar-refractivity contribution >= 4 is 40.2 Å². The maximum Gasteiger partial charge on any atom is 0.273 e. The Labute approximate surface area is 195 Å². The summed E-state index contributed by atoms with van der Waals surface area (Å²) in [6.07, 6.45) is 3.73. The quantitative estimate of drug-likeness (QED) is 0.595. The van der Waals surface area contributed by atoms with Gasteiger partial charge in [0.1, 0.15) is 10.7 Å². The molecule has 0 spiro atoms. The lowest BCUT2D eigenvalue weighted by atomic mass is 10.0. The predicted molar refractivity (Wildman–Crippen MR) is 131 cm³/mol. The highest BCUT2D eigenvalue weighted by Crippen LogP contribution is 2.17. The summed E-state index contributed by atoms with van der Waals surface area (Å²) in [5, 5.41) is 9.94. The van der Waals surface area contributed by atoms with Crippen molar-refractivity contribution in [2.24, 2.45) is 0 Å². The Morgan fingerprint density at radius 2 is 1.78 bits per heavy atom. The van der Waals surface area contributed by atoms with Gasteiger partial charge in [0, 0.05) is 22.8 Å². The normalized spacial score (nSPS) is 15.3. The van der Waals surface area contributed by atoms with Crippen molar-refractivity contribution in [2.75, 3.05) is 13.1 Å². The van der Waals surface area contributed by atoms with E-state index < -0.39 is 0 Å². The van der Waals surface area contributed by atoms with E-state index in [1.54, 1.807) is 16.2 Å². The smallest absolute Gasteiger partial charge is 0.273 e. The largest absolute Gasteiger partial charge is 0.338 e. The molecule has 0 saturated carbocycles. The number of hydrogen-bond donors (Lipinski definition) is 0. The number of hydrogen-bond acceptors (Lipinski definition) is 5. The molecule has 1 amide bonds. The van der Waals surface area contributed by atoms with Crippen molar-refractivity contribution in [1.29, 1.82) is 5.26 Å². The molecule has 32 heavy (non-hydrogen) atoms. The van der Waals surface area contributed by atoms with Gasteiger partial charge in [-0.3, -0.25) is 14.2 Å². The third-order valence-electron chi connectivity index (χ3n) is 5.61. The van der Waals surface area contributed by atoms with Crippen LogP contribution in [0, 0.1) is 18.3 Å². The Kier molecular flexibility index (Phi) is 6.45. The van der Waals surface area contributed by atoms with Crippen molar-refractivity contribution in [3.63, 3.8) is 0 Å². The molecule has 164 valence electrons. The molecular formula is C25H25N3O2S2. The summed E-state index contributed by atoms with van der Waals surface area (Å²) in [7, 11) is 0. The topological polar surface area (TPSA) is 66.1 Å². The highest BCUT2D eigenvalue weighted by atomic mass is 32.1. The molecule has 0 N–H and O–H groups in total. The maximum atomic E-state index is 13.5. The van der Waals surface area contributed by atoms with E-state index in [-0.39, 0.29) is 17.0 Å². The zero-order valence-electron chi connectivity index (χ0n) is 18.4. The van der Waals surface area contributed by atoms with Gasteiger partial charge in [-0.25, -0.2) is 0 Å². The Hall–Kier alpha value is -2.95. The van der Waals surface area contributed by atoms with Crippen LogP contribution in [-0.4, -0.2) is 28.5 Å². The number of thiazole rings is 1. The summed E-state index contributed by atoms with van der Waals surface area (Å²) in [5.41, 5.74) is 1.64. The van der Waals surface area contributed by atoms with Crippen LogP contribution in [0.2, 0.25) is 0 Å². The highest BCUT2D eigenvalue weighted by Gasteiger charge is 2.24. The highest BCUT2D eigenvalue weighted by molar-refractivity contribution is 7.13. The molecule has 1 aliphatic rings. The minimum absolute atomic E-state index is 0.0314. The number of aryl methyl sites for hydroxylation is 1. The van der Waals surface area contributed by atoms with Crippen LogP contribution in [0.1, 0.15) is 47.9 Å². The van der Waals surface area contributed by atoms with Crippen LogP contribution < -0.4 is 14.8 Å². The lowest BCUT2D eigenvalue weighted by molar-refractivity contribution is -0.123. The molecule has 7 heteroatoms. The molecule has 5 nitrogen and oxygen atoms in total. The fraction of sp³-hybridized carbons (Fsp3) is 0.320. The number of benzene rings is 1. The van der Waals surface area contributed by atoms with Crippen LogP contribution in [0.5, 0.6) is 0 Å². The fourth-order valence-electron chi connectivity index (χ4n) is 3.82. The van der Waals surface area contributed by atoms with Crippen molar-refractivity contribution in [3.05, 3.63) is 71.3 Å². The lowest BCUT2D eigenvalue weighted by Crippen LogP contribution is -2.35. The summed E-state index contributed by atoms with van der Waals surface area (Å²) in [4.78, 5) is 30.5. The zero-order chi connectivity index (χ0) is 22.8. The number of carbonyl (C=O) groups is 1. The minimum Gasteiger partial charge on any atom is -0.338 e. The van der Waals surface area contributed by atoms with Crippen molar-refractivity contribution in [1.82, 2.24) is 9.47 Å². The molecule has 1 aliphatic heterocycles. The number of thiophene rings is 1. The van der Waals surface area contributed by atoms with E-state index in [0.717, 1.165) is 28.2 Å². The molecule has 3 aromatic rings. The Morgan fingerprint density at radius 3 is 2.34 bits per heavy atom. The minimum atomic E-state index is -0.294. The molecule has 1 saturated heterocycles. The van der Waals surface area contributed by atoms with Gasteiger partial charge in [-0.05, 0) is 61.6 Å². The second-order valence-corrected chi connectivity index (χ2v) is 10.6. The summed E-state index contributed by atoms with van der Waals surface area (Å²) < 4.78 is 2.43. The number of carbonyl (C=O) groups excluding carboxylic acids is 1. The second kappa shape index (κ2) is 9.27. The second-order valence-electron chi connectivity index (χ2n) is 8.24. The number of rotatable bonds is 4. The summed E-state index contributed by atoms with van der Waals surface area (Å²) in [6.45, 7) is 7.55. The third kappa shape index (κ3) is 4.34. The van der Waals surface area contributed by atoms with Crippen LogP contribution in [0.4, 0.5) is 0 Å². The molecule has 0 atom stereocenters. The van der Waals surface area contributed by atoms with Crippen LogP contribution in [0.15, 0.2) is 41.2 Å². The van der Waals surface area contributed by atoms with Gasteiger partial charge in [0.15, 0.2) is 5.57 Å². The van der Waals surface area contributed by atoms with Crippen LogP contribution >= 0.6 is 22.7 Å². The van der Waals surface area contributed by atoms with Gasteiger partial charge in [0.05, 0.1) is 10.2 Å². The number of nitrogens with zero attached hydrogens (tertiary/aromatic N) is 3. The van der Waals surface area contributed by atoms with Gasteiger partial charge in [0.25, 0.3) is 11.5 Å². The molecule has 0 bridgehead atoms. The summed E-state index contributed by atoms with van der Waals surface area (Å²) >= 11 is 2.81. The Balaban J connectivity index is 1.98. The van der Waals surface area contributed by atoms with E-state index in [0.29, 0.717) is 33.9 Å². The summed E-state index contributed by atoms with van der Waals surface area (Å²) in [6, 6.07) is 13.9. The third-order valence-corrected chi connectivity index (χ3v) is 7.65. The average molecular weight is 464 g/mol. The average Bonchev–Trinajstić information content (AvgIpc) is 3.51. The van der Waals surface area contributed by atoms with Gasteiger partial charge >= 0.3 is 0 Å². The Morgan fingerprint density at radius 1 is 1.09 bits per heavy atom. The van der Waals surface area contributed by atoms with E-state index in [1.165, 1.54) is 15.9 Å². The van der Waals surface area contributed by atoms with Crippen LogP contribution in [0.25, 0.3) is 17.3 Å². The lowest BCUT2D eigenvalue weighted by Gasteiger charge is -2.14. The van der Waals surface area contributed by atoms with E-state index in [2.05, 4.69) is 19.9 Å². The maximum absolute atomic E-state index is 13.5. The van der Waals surface area contributed by atoms with E-state index in [9.17, 15) is 14.9 Å². The Bertz CT molecular complexity index is 1360. The van der Waals surface area contributed by atoms with Gasteiger partial charge in [-0.15, -0.1) is 22.7 Å². The molecule has 0 unspecified atom stereocenters. The molecule has 2 aromatic heterocycles. The number of likely N-dealkylation sites (tertiary alicyclic amines) is 1. The SMILES string of the molecule is Cc1ccc(/C=c2/s/c(=C(/C#N)C(=O)N3CCCC3)n(-c3ccc(C(C)C)cc3)c2=O)s1. The van der Waals surface area contributed by atoms with Crippen molar-refractivity contribution in [3.8, 4) is 11.8 Å². The molecule has 0 aliphatic carbocycles. The van der Waals surface area contributed by atoms with Gasteiger partial charge < -0.3 is 4.90 Å². The molecule has 1 aromatic carbocycles. The number of amides is 1. The first-order chi connectivity index (χ1) is 15.4. The standard InChI is InChI=1S/C25H25N3O2S2/c1-16(2)18-7-9-19(10-8-18)28-24(30)22(14-20-11-6-17(3)31-20)32-25(28)21(15-26)23(29)27-12-4-5-13-27/h6-11,14,16H,4-5,12-13H2,1-3H3/b22-14+,25-21-. The van der Waals surface area contributed by atoms with Crippen molar-refractivity contribution < 1.29 is 4.79 Å². The molecule has 3 heterocycles. The van der Waals surface area contributed by atoms with E-state index in [1.807, 2.05) is 49.4 Å². The monoisotopic (exact) mass is 463 g/mol. The summed E-state index contributed by atoms with van der Waals surface area (Å²) in [5.74, 6) is 0.0731. The molecular weight excluding hydrogens is 438 g/mol. The van der Waals surface area contributed by atoms with Crippen LogP contribution in [0.3, 0.4) is 0 Å². The van der Waals surface area contributed by atoms with Crippen LogP contribution in [-0.2, 0) is 4.79 Å². The molecule has 0 radical (unpaired) electrons. The van der Waals surface area contributed by atoms with Gasteiger partial charge in [0.2, 0.25) is 0 Å². The number of aromatic nitrogens is 1. The van der Waals surface area contributed by atoms with Crippen molar-refractivity contribution in [2.45, 2.75) is 39.5 Å². The zero-order valence-corrected chi connectivity index (χ0v) is 20.1. The van der Waals surface area contributed by atoms with E-state index >= 15 is 0 Å². The first-order valence-electron chi connectivity index (χ1n) is 10.7. The van der Waals surface area contributed by atoms with Gasteiger partial charge in [-0.2, -0.15) is 5.26 Å². The molecule has 4 rings (SSSR count).